The molecule has 0 fully saturated rings. The minimum atomic E-state index is -0.370. The Kier molecular flexibility index (Phi) is 9.94. The highest BCUT2D eigenvalue weighted by atomic mass is 19.1. The van der Waals surface area contributed by atoms with Gasteiger partial charge in [0.2, 0.25) is 5.95 Å². The van der Waals surface area contributed by atoms with Crippen LogP contribution in [0.3, 0.4) is 0 Å². The first-order valence-corrected chi connectivity index (χ1v) is 12.6. The lowest BCUT2D eigenvalue weighted by Crippen LogP contribution is -1.96. The second kappa shape index (κ2) is 13.2. The smallest absolute Gasteiger partial charge is 0.220 e. The molecule has 2 heteroatoms. The van der Waals surface area contributed by atoms with E-state index in [1.54, 1.807) is 0 Å². The van der Waals surface area contributed by atoms with Gasteiger partial charge in [0, 0.05) is 11.3 Å². The van der Waals surface area contributed by atoms with Gasteiger partial charge in [0.05, 0.1) is 0 Å². The molecule has 2 aromatic carbocycles. The standard InChI is InChI=1S/C30H38FN/c1-3-5-7-8-9-11-12-24-14-16-25(17-15-24)26-18-20-27(21-19-26)29-23-22-28(32-30(29)31)13-10-6-4-2/h14-23H,3-13H2,1-2H3. The summed E-state index contributed by atoms with van der Waals surface area (Å²) < 4.78 is 14.6. The van der Waals surface area contributed by atoms with Crippen molar-refractivity contribution >= 4 is 0 Å². The van der Waals surface area contributed by atoms with E-state index in [9.17, 15) is 4.39 Å². The monoisotopic (exact) mass is 431 g/mol. The van der Waals surface area contributed by atoms with Gasteiger partial charge < -0.3 is 0 Å². The zero-order valence-electron chi connectivity index (χ0n) is 19.9. The maximum atomic E-state index is 14.6. The highest BCUT2D eigenvalue weighted by Gasteiger charge is 2.08. The predicted octanol–water partition coefficient (Wildman–Crippen LogP) is 9.19. The Morgan fingerprint density at radius 3 is 1.75 bits per heavy atom. The van der Waals surface area contributed by atoms with Crippen molar-refractivity contribution in [1.82, 2.24) is 4.98 Å². The quantitative estimate of drug-likeness (QED) is 0.194. The number of hydrogen-bond acceptors (Lipinski definition) is 1. The lowest BCUT2D eigenvalue weighted by Gasteiger charge is -2.08. The molecule has 0 aliphatic rings. The van der Waals surface area contributed by atoms with E-state index in [0.29, 0.717) is 5.56 Å². The Balaban J connectivity index is 1.57. The molecule has 1 heterocycles. The maximum Gasteiger partial charge on any atom is 0.220 e. The molecule has 1 aromatic heterocycles. The first-order valence-electron chi connectivity index (χ1n) is 12.6. The van der Waals surface area contributed by atoms with Crippen LogP contribution in [-0.4, -0.2) is 4.98 Å². The summed E-state index contributed by atoms with van der Waals surface area (Å²) in [5.74, 6) is -0.370. The molecule has 0 saturated carbocycles. The van der Waals surface area contributed by atoms with Crippen LogP contribution in [0.1, 0.15) is 82.9 Å². The number of aromatic nitrogens is 1. The van der Waals surface area contributed by atoms with Gasteiger partial charge >= 0.3 is 0 Å². The fourth-order valence-corrected chi connectivity index (χ4v) is 4.20. The molecule has 0 aliphatic heterocycles. The van der Waals surface area contributed by atoms with Gasteiger partial charge in [-0.3, -0.25) is 0 Å². The molecule has 170 valence electrons. The highest BCUT2D eigenvalue weighted by molar-refractivity contribution is 5.70. The second-order valence-corrected chi connectivity index (χ2v) is 8.89. The van der Waals surface area contributed by atoms with Crippen LogP contribution in [0.25, 0.3) is 22.3 Å². The summed E-state index contributed by atoms with van der Waals surface area (Å²) in [4.78, 5) is 4.19. The second-order valence-electron chi connectivity index (χ2n) is 8.89. The third-order valence-electron chi connectivity index (χ3n) is 6.25. The summed E-state index contributed by atoms with van der Waals surface area (Å²) in [6.07, 6.45) is 13.4. The van der Waals surface area contributed by atoms with E-state index in [0.717, 1.165) is 48.9 Å². The van der Waals surface area contributed by atoms with Gasteiger partial charge in [0.25, 0.3) is 0 Å². The average Bonchev–Trinajstić information content (AvgIpc) is 2.82. The molecule has 32 heavy (non-hydrogen) atoms. The van der Waals surface area contributed by atoms with Crippen LogP contribution in [0, 0.1) is 5.95 Å². The molecule has 0 radical (unpaired) electrons. The molecular weight excluding hydrogens is 393 g/mol. The van der Waals surface area contributed by atoms with Crippen molar-refractivity contribution in [1.29, 1.82) is 0 Å². The molecule has 0 spiro atoms. The van der Waals surface area contributed by atoms with Crippen LogP contribution in [0.15, 0.2) is 60.7 Å². The van der Waals surface area contributed by atoms with E-state index < -0.39 is 0 Å². The van der Waals surface area contributed by atoms with Crippen molar-refractivity contribution in [3.8, 4) is 22.3 Å². The summed E-state index contributed by atoms with van der Waals surface area (Å²) in [5.41, 5.74) is 6.06. The van der Waals surface area contributed by atoms with E-state index in [-0.39, 0.29) is 5.95 Å². The molecule has 0 saturated heterocycles. The van der Waals surface area contributed by atoms with Crippen molar-refractivity contribution in [2.45, 2.75) is 84.5 Å². The summed E-state index contributed by atoms with van der Waals surface area (Å²) in [6, 6.07) is 20.9. The average molecular weight is 432 g/mol. The van der Waals surface area contributed by atoms with Crippen LogP contribution < -0.4 is 0 Å². The number of aryl methyl sites for hydroxylation is 2. The first-order chi connectivity index (χ1) is 15.7. The van der Waals surface area contributed by atoms with Gasteiger partial charge in [-0.1, -0.05) is 107 Å². The summed E-state index contributed by atoms with van der Waals surface area (Å²) >= 11 is 0. The number of unbranched alkanes of at least 4 members (excludes halogenated alkanes) is 7. The minimum Gasteiger partial charge on any atom is -0.224 e. The fraction of sp³-hybridized carbons (Fsp3) is 0.433. The molecule has 0 N–H and O–H groups in total. The van der Waals surface area contributed by atoms with Gasteiger partial charge in [-0.2, -0.15) is 4.39 Å². The lowest BCUT2D eigenvalue weighted by molar-refractivity contribution is 0.576. The topological polar surface area (TPSA) is 12.9 Å². The minimum absolute atomic E-state index is 0.370. The van der Waals surface area contributed by atoms with E-state index in [4.69, 9.17) is 0 Å². The summed E-state index contributed by atoms with van der Waals surface area (Å²) in [5, 5.41) is 0. The van der Waals surface area contributed by atoms with Crippen LogP contribution in [0.2, 0.25) is 0 Å². The molecule has 0 unspecified atom stereocenters. The normalized spacial score (nSPS) is 11.1. The molecule has 0 amide bonds. The summed E-state index contributed by atoms with van der Waals surface area (Å²) in [7, 11) is 0. The number of pyridine rings is 1. The van der Waals surface area contributed by atoms with Crippen molar-refractivity contribution in [2.24, 2.45) is 0 Å². The van der Waals surface area contributed by atoms with Gasteiger partial charge in [-0.15, -0.1) is 0 Å². The molecule has 3 aromatic rings. The third kappa shape index (κ3) is 7.29. The third-order valence-corrected chi connectivity index (χ3v) is 6.25. The molecular formula is C30H38FN. The van der Waals surface area contributed by atoms with E-state index in [1.165, 1.54) is 49.7 Å². The SMILES string of the molecule is CCCCCCCCc1ccc(-c2ccc(-c3ccc(CCCCC)nc3F)cc2)cc1. The molecule has 0 atom stereocenters. The fourth-order valence-electron chi connectivity index (χ4n) is 4.20. The number of rotatable bonds is 13. The number of benzene rings is 2. The maximum absolute atomic E-state index is 14.6. The Morgan fingerprint density at radius 1 is 0.562 bits per heavy atom. The van der Waals surface area contributed by atoms with Gasteiger partial charge in [0.15, 0.2) is 0 Å². The first kappa shape index (κ1) is 24.2. The van der Waals surface area contributed by atoms with Crippen molar-refractivity contribution in [2.75, 3.05) is 0 Å². The molecule has 0 bridgehead atoms. The lowest BCUT2D eigenvalue weighted by atomic mass is 9.98. The van der Waals surface area contributed by atoms with Crippen molar-refractivity contribution in [3.63, 3.8) is 0 Å². The van der Waals surface area contributed by atoms with Crippen molar-refractivity contribution in [3.05, 3.63) is 77.9 Å². The van der Waals surface area contributed by atoms with Crippen LogP contribution in [-0.2, 0) is 12.8 Å². The number of nitrogens with zero attached hydrogens (tertiary/aromatic N) is 1. The van der Waals surface area contributed by atoms with Gasteiger partial charge in [-0.05, 0) is 60.1 Å². The molecule has 1 nitrogen and oxygen atoms in total. The van der Waals surface area contributed by atoms with E-state index in [2.05, 4.69) is 55.2 Å². The number of halogens is 1. The number of hydrogen-bond donors (Lipinski definition) is 0. The molecule has 3 rings (SSSR count). The van der Waals surface area contributed by atoms with Crippen LogP contribution >= 0.6 is 0 Å². The predicted molar refractivity (Wildman–Crippen MR) is 135 cm³/mol. The van der Waals surface area contributed by atoms with Crippen molar-refractivity contribution < 1.29 is 4.39 Å². The Morgan fingerprint density at radius 2 is 1.09 bits per heavy atom. The Labute approximate surface area is 194 Å². The Hall–Kier alpha value is -2.48. The van der Waals surface area contributed by atoms with Gasteiger partial charge in [0.1, 0.15) is 0 Å². The zero-order chi connectivity index (χ0) is 22.6. The highest BCUT2D eigenvalue weighted by Crippen LogP contribution is 2.27. The zero-order valence-corrected chi connectivity index (χ0v) is 19.9. The summed E-state index contributed by atoms with van der Waals surface area (Å²) in [6.45, 7) is 4.43. The van der Waals surface area contributed by atoms with E-state index >= 15 is 0 Å². The van der Waals surface area contributed by atoms with Crippen LogP contribution in [0.4, 0.5) is 4.39 Å². The van der Waals surface area contributed by atoms with E-state index in [1.807, 2.05) is 24.3 Å². The molecule has 0 aliphatic carbocycles. The largest absolute Gasteiger partial charge is 0.224 e. The van der Waals surface area contributed by atoms with Crippen LogP contribution in [0.5, 0.6) is 0 Å². The van der Waals surface area contributed by atoms with Gasteiger partial charge in [-0.25, -0.2) is 4.98 Å². The Bertz CT molecular complexity index is 928.